The quantitative estimate of drug-likeness (QED) is 0.471. The first kappa shape index (κ1) is 19.9. The van der Waals surface area contributed by atoms with E-state index in [4.69, 9.17) is 9.97 Å². The minimum Gasteiger partial charge on any atom is -0.324 e. The Balaban J connectivity index is 1.25. The van der Waals surface area contributed by atoms with Crippen molar-refractivity contribution < 1.29 is 0 Å². The van der Waals surface area contributed by atoms with Crippen LogP contribution in [0.15, 0.2) is 55.0 Å². The average molecular weight is 415 g/mol. The average Bonchev–Trinajstić information content (AvgIpc) is 3.37. The van der Waals surface area contributed by atoms with Gasteiger partial charge in [0, 0.05) is 48.2 Å². The van der Waals surface area contributed by atoms with Gasteiger partial charge in [-0.25, -0.2) is 4.98 Å². The molecule has 4 heterocycles. The second kappa shape index (κ2) is 8.27. The standard InChI is InChI=1S/C25H30N6/c1-18(2)31-24-7-5-4-6-23(24)28-25(31)17-30-12-10-19(11-13-30)22-9-8-20(14-26-22)21-15-27-29(3)16-21/h4-9,14-16,18-19H,10-13,17H2,1-3H3. The van der Waals surface area contributed by atoms with Crippen LogP contribution in [0.2, 0.25) is 0 Å². The maximum absolute atomic E-state index is 4.95. The summed E-state index contributed by atoms with van der Waals surface area (Å²) in [6.07, 6.45) is 8.19. The van der Waals surface area contributed by atoms with Gasteiger partial charge in [-0.15, -0.1) is 0 Å². The molecule has 0 bridgehead atoms. The molecule has 6 nitrogen and oxygen atoms in total. The summed E-state index contributed by atoms with van der Waals surface area (Å²) in [6.45, 7) is 7.55. The van der Waals surface area contributed by atoms with Crippen molar-refractivity contribution in [1.29, 1.82) is 0 Å². The molecule has 3 aromatic heterocycles. The van der Waals surface area contributed by atoms with E-state index in [1.807, 2.05) is 30.3 Å². The third-order valence-corrected chi connectivity index (χ3v) is 6.38. The summed E-state index contributed by atoms with van der Waals surface area (Å²) >= 11 is 0. The summed E-state index contributed by atoms with van der Waals surface area (Å²) in [5, 5.41) is 4.26. The number of rotatable bonds is 5. The molecule has 5 rings (SSSR count). The number of benzene rings is 1. The molecular weight excluding hydrogens is 384 g/mol. The van der Waals surface area contributed by atoms with E-state index in [0.29, 0.717) is 12.0 Å². The summed E-state index contributed by atoms with van der Waals surface area (Å²) in [6, 6.07) is 13.2. The number of likely N-dealkylation sites (tertiary alicyclic amines) is 1. The Bertz CT molecular complexity index is 1160. The van der Waals surface area contributed by atoms with Crippen molar-refractivity contribution in [2.75, 3.05) is 13.1 Å². The molecule has 0 spiro atoms. The first-order chi connectivity index (χ1) is 15.1. The fourth-order valence-corrected chi connectivity index (χ4v) is 4.76. The van der Waals surface area contributed by atoms with Crippen LogP contribution in [0.25, 0.3) is 22.2 Å². The molecule has 0 saturated carbocycles. The summed E-state index contributed by atoms with van der Waals surface area (Å²) in [5.41, 5.74) is 5.78. The van der Waals surface area contributed by atoms with Crippen molar-refractivity contribution in [3.05, 3.63) is 66.5 Å². The lowest BCUT2D eigenvalue weighted by atomic mass is 9.92. The van der Waals surface area contributed by atoms with Crippen LogP contribution in [-0.4, -0.2) is 42.3 Å². The number of aryl methyl sites for hydroxylation is 1. The van der Waals surface area contributed by atoms with E-state index in [-0.39, 0.29) is 0 Å². The molecule has 160 valence electrons. The van der Waals surface area contributed by atoms with Crippen LogP contribution in [0.1, 0.15) is 50.2 Å². The third-order valence-electron chi connectivity index (χ3n) is 6.38. The third kappa shape index (κ3) is 4.00. The number of hydrogen-bond acceptors (Lipinski definition) is 4. The zero-order chi connectivity index (χ0) is 21.4. The van der Waals surface area contributed by atoms with Crippen molar-refractivity contribution in [3.63, 3.8) is 0 Å². The number of imidazole rings is 1. The molecule has 4 aromatic rings. The number of para-hydroxylation sites is 2. The van der Waals surface area contributed by atoms with E-state index in [0.717, 1.165) is 49.1 Å². The highest BCUT2D eigenvalue weighted by atomic mass is 15.2. The van der Waals surface area contributed by atoms with Crippen LogP contribution in [-0.2, 0) is 13.6 Å². The molecule has 1 aliphatic heterocycles. The van der Waals surface area contributed by atoms with Crippen LogP contribution >= 0.6 is 0 Å². The molecule has 0 atom stereocenters. The SMILES string of the molecule is CC(C)n1c(CN2CCC(c3ccc(-c4cnn(C)c4)cn3)CC2)nc2ccccc21. The molecule has 1 aliphatic rings. The van der Waals surface area contributed by atoms with E-state index in [9.17, 15) is 0 Å². The number of piperidine rings is 1. The highest BCUT2D eigenvalue weighted by Crippen LogP contribution is 2.29. The Hall–Kier alpha value is -2.99. The predicted molar refractivity (Wildman–Crippen MR) is 124 cm³/mol. The first-order valence-corrected chi connectivity index (χ1v) is 11.2. The lowest BCUT2D eigenvalue weighted by molar-refractivity contribution is 0.196. The van der Waals surface area contributed by atoms with Gasteiger partial charge in [-0.1, -0.05) is 18.2 Å². The van der Waals surface area contributed by atoms with Crippen LogP contribution in [0.4, 0.5) is 0 Å². The lowest BCUT2D eigenvalue weighted by Gasteiger charge is -2.31. The minimum absolute atomic E-state index is 0.405. The summed E-state index contributed by atoms with van der Waals surface area (Å²) < 4.78 is 4.21. The highest BCUT2D eigenvalue weighted by Gasteiger charge is 2.23. The van der Waals surface area contributed by atoms with Gasteiger partial charge in [0.1, 0.15) is 5.82 Å². The van der Waals surface area contributed by atoms with Crippen LogP contribution in [0.5, 0.6) is 0 Å². The molecule has 0 amide bonds. The number of pyridine rings is 1. The molecule has 31 heavy (non-hydrogen) atoms. The molecular formula is C25H30N6. The van der Waals surface area contributed by atoms with Crippen molar-refractivity contribution in [1.82, 2.24) is 29.2 Å². The number of fused-ring (bicyclic) bond motifs is 1. The largest absolute Gasteiger partial charge is 0.324 e. The van der Waals surface area contributed by atoms with Gasteiger partial charge in [-0.2, -0.15) is 5.10 Å². The summed E-state index contributed by atoms with van der Waals surface area (Å²) in [5.74, 6) is 1.71. The van der Waals surface area contributed by atoms with Gasteiger partial charge in [-0.3, -0.25) is 14.6 Å². The summed E-state index contributed by atoms with van der Waals surface area (Å²) in [7, 11) is 1.94. The van der Waals surface area contributed by atoms with Gasteiger partial charge < -0.3 is 4.57 Å². The second-order valence-corrected chi connectivity index (χ2v) is 8.91. The van der Waals surface area contributed by atoms with Crippen molar-refractivity contribution in [2.24, 2.45) is 7.05 Å². The van der Waals surface area contributed by atoms with Crippen LogP contribution < -0.4 is 0 Å². The van der Waals surface area contributed by atoms with E-state index < -0.39 is 0 Å². The molecule has 1 aromatic carbocycles. The van der Waals surface area contributed by atoms with Crippen molar-refractivity contribution in [2.45, 2.75) is 45.2 Å². The van der Waals surface area contributed by atoms with Crippen molar-refractivity contribution >= 4 is 11.0 Å². The Kier molecular flexibility index (Phi) is 5.32. The maximum Gasteiger partial charge on any atom is 0.124 e. The summed E-state index contributed by atoms with van der Waals surface area (Å²) in [4.78, 5) is 12.3. The van der Waals surface area contributed by atoms with Gasteiger partial charge in [-0.05, 0) is 58.0 Å². The zero-order valence-electron chi connectivity index (χ0n) is 18.6. The second-order valence-electron chi connectivity index (χ2n) is 8.91. The molecule has 1 fully saturated rings. The molecule has 1 saturated heterocycles. The Labute approximate surface area is 183 Å². The fraction of sp³-hybridized carbons (Fsp3) is 0.400. The molecule has 0 radical (unpaired) electrons. The number of aromatic nitrogens is 5. The first-order valence-electron chi connectivity index (χ1n) is 11.2. The van der Waals surface area contributed by atoms with E-state index in [1.165, 1.54) is 17.0 Å². The van der Waals surface area contributed by atoms with E-state index >= 15 is 0 Å². The van der Waals surface area contributed by atoms with Gasteiger partial charge in [0.25, 0.3) is 0 Å². The van der Waals surface area contributed by atoms with Crippen molar-refractivity contribution in [3.8, 4) is 11.1 Å². The number of nitrogens with zero attached hydrogens (tertiary/aromatic N) is 6. The van der Waals surface area contributed by atoms with Gasteiger partial charge >= 0.3 is 0 Å². The highest BCUT2D eigenvalue weighted by molar-refractivity contribution is 5.76. The van der Waals surface area contributed by atoms with E-state index in [2.05, 4.69) is 64.8 Å². The Morgan fingerprint density at radius 1 is 1.00 bits per heavy atom. The van der Waals surface area contributed by atoms with Gasteiger partial charge in [0.15, 0.2) is 0 Å². The Morgan fingerprint density at radius 2 is 1.81 bits per heavy atom. The van der Waals surface area contributed by atoms with Crippen LogP contribution in [0, 0.1) is 0 Å². The fourth-order valence-electron chi connectivity index (χ4n) is 4.76. The maximum atomic E-state index is 4.95. The monoisotopic (exact) mass is 414 g/mol. The minimum atomic E-state index is 0.405. The lowest BCUT2D eigenvalue weighted by Crippen LogP contribution is -2.33. The predicted octanol–water partition coefficient (Wildman–Crippen LogP) is 4.79. The Morgan fingerprint density at radius 3 is 2.48 bits per heavy atom. The molecule has 0 N–H and O–H groups in total. The zero-order valence-corrected chi connectivity index (χ0v) is 18.6. The van der Waals surface area contributed by atoms with Gasteiger partial charge in [0.2, 0.25) is 0 Å². The molecule has 0 unspecified atom stereocenters. The van der Waals surface area contributed by atoms with E-state index in [1.54, 1.807) is 0 Å². The molecule has 0 aliphatic carbocycles. The van der Waals surface area contributed by atoms with Crippen LogP contribution in [0.3, 0.4) is 0 Å². The number of hydrogen-bond donors (Lipinski definition) is 0. The smallest absolute Gasteiger partial charge is 0.124 e. The van der Waals surface area contributed by atoms with Gasteiger partial charge in [0.05, 0.1) is 23.8 Å². The normalized spacial score (nSPS) is 15.9. The molecule has 6 heteroatoms. The topological polar surface area (TPSA) is 51.8 Å².